The maximum atomic E-state index is 11.3. The second-order valence-corrected chi connectivity index (χ2v) is 7.72. The molecule has 1 rings (SSSR count). The molecule has 0 fully saturated rings. The molecule has 0 aliphatic rings. The molecule has 0 aliphatic heterocycles. The van der Waals surface area contributed by atoms with E-state index in [9.17, 15) is 8.42 Å². The first-order valence-electron chi connectivity index (χ1n) is 4.37. The molecular formula is C10H12BrClO2S. The van der Waals surface area contributed by atoms with Crippen molar-refractivity contribution in [3.05, 3.63) is 28.2 Å². The first-order chi connectivity index (χ1) is 6.62. The first-order valence-corrected chi connectivity index (χ1v) is 7.47. The number of benzene rings is 1. The molecule has 1 aromatic carbocycles. The van der Waals surface area contributed by atoms with Gasteiger partial charge in [0.05, 0.1) is 4.90 Å². The largest absolute Gasteiger partial charge is 0.262 e. The van der Waals surface area contributed by atoms with E-state index in [2.05, 4.69) is 15.9 Å². The molecule has 5 heteroatoms. The standard InChI is InChI=1S/C10H12BrClO2S/c1-10(2,3)7-4-5-8(11)9(6-7)15(12,13)14/h4-6H,1-3H3. The lowest BCUT2D eigenvalue weighted by Gasteiger charge is -2.19. The van der Waals surface area contributed by atoms with E-state index < -0.39 is 9.05 Å². The van der Waals surface area contributed by atoms with Gasteiger partial charge in [-0.05, 0) is 39.0 Å². The summed E-state index contributed by atoms with van der Waals surface area (Å²) in [5.74, 6) is 0. The van der Waals surface area contributed by atoms with Gasteiger partial charge in [-0.2, -0.15) is 0 Å². The quantitative estimate of drug-likeness (QED) is 0.742. The van der Waals surface area contributed by atoms with Crippen molar-refractivity contribution in [3.63, 3.8) is 0 Å². The van der Waals surface area contributed by atoms with Crippen molar-refractivity contribution in [2.75, 3.05) is 0 Å². The van der Waals surface area contributed by atoms with Gasteiger partial charge in [0.15, 0.2) is 0 Å². The van der Waals surface area contributed by atoms with Gasteiger partial charge in [-0.3, -0.25) is 0 Å². The lowest BCUT2D eigenvalue weighted by Crippen LogP contribution is -2.11. The van der Waals surface area contributed by atoms with Crippen LogP contribution in [-0.2, 0) is 14.5 Å². The van der Waals surface area contributed by atoms with Crippen LogP contribution in [0.3, 0.4) is 0 Å². The van der Waals surface area contributed by atoms with Gasteiger partial charge in [-0.25, -0.2) is 8.42 Å². The average Bonchev–Trinajstić information content (AvgIpc) is 2.00. The Kier molecular flexibility index (Phi) is 3.53. The van der Waals surface area contributed by atoms with Crippen LogP contribution in [0.15, 0.2) is 27.6 Å². The van der Waals surface area contributed by atoms with Gasteiger partial charge in [0, 0.05) is 15.2 Å². The summed E-state index contributed by atoms with van der Waals surface area (Å²) in [6, 6.07) is 5.19. The van der Waals surface area contributed by atoms with Crippen molar-refractivity contribution in [3.8, 4) is 0 Å². The molecule has 2 nitrogen and oxygen atoms in total. The Bertz CT molecular complexity index is 475. The zero-order chi connectivity index (χ0) is 11.9. The molecule has 1 aromatic rings. The van der Waals surface area contributed by atoms with Gasteiger partial charge in [0.1, 0.15) is 0 Å². The Morgan fingerprint density at radius 3 is 2.20 bits per heavy atom. The normalized spacial score (nSPS) is 12.9. The minimum Gasteiger partial charge on any atom is -0.207 e. The summed E-state index contributed by atoms with van der Waals surface area (Å²) in [5.41, 5.74) is 0.835. The van der Waals surface area contributed by atoms with Crippen molar-refractivity contribution in [1.29, 1.82) is 0 Å². The molecule has 0 bridgehead atoms. The monoisotopic (exact) mass is 310 g/mol. The molecule has 0 aromatic heterocycles. The topological polar surface area (TPSA) is 34.1 Å². The third kappa shape index (κ3) is 3.20. The Hall–Kier alpha value is -0.0600. The van der Waals surface area contributed by atoms with Crippen molar-refractivity contribution in [1.82, 2.24) is 0 Å². The van der Waals surface area contributed by atoms with E-state index in [1.807, 2.05) is 26.8 Å². The number of rotatable bonds is 1. The summed E-state index contributed by atoms with van der Waals surface area (Å²) < 4.78 is 23.0. The fourth-order valence-corrected chi connectivity index (χ4v) is 3.27. The van der Waals surface area contributed by atoms with Gasteiger partial charge in [0.2, 0.25) is 0 Å². The SMILES string of the molecule is CC(C)(C)c1ccc(Br)c(S(=O)(=O)Cl)c1. The van der Waals surface area contributed by atoms with Crippen LogP contribution in [0.2, 0.25) is 0 Å². The minimum atomic E-state index is -3.69. The van der Waals surface area contributed by atoms with Crippen LogP contribution in [0, 0.1) is 0 Å². The zero-order valence-corrected chi connectivity index (χ0v) is 11.9. The van der Waals surface area contributed by atoms with Crippen molar-refractivity contribution in [2.45, 2.75) is 31.1 Å². The highest BCUT2D eigenvalue weighted by Crippen LogP contribution is 2.31. The van der Waals surface area contributed by atoms with Gasteiger partial charge in [0.25, 0.3) is 9.05 Å². The van der Waals surface area contributed by atoms with E-state index in [0.29, 0.717) is 4.47 Å². The second-order valence-electron chi connectivity index (χ2n) is 4.33. The number of hydrogen-bond donors (Lipinski definition) is 0. The Morgan fingerprint density at radius 2 is 1.80 bits per heavy atom. The number of halogens is 2. The van der Waals surface area contributed by atoms with Crippen LogP contribution < -0.4 is 0 Å². The van der Waals surface area contributed by atoms with Crippen molar-refractivity contribution in [2.24, 2.45) is 0 Å². The van der Waals surface area contributed by atoms with Crippen LogP contribution in [-0.4, -0.2) is 8.42 Å². The van der Waals surface area contributed by atoms with Gasteiger partial charge in [-0.1, -0.05) is 26.8 Å². The lowest BCUT2D eigenvalue weighted by atomic mass is 9.87. The molecule has 0 saturated carbocycles. The summed E-state index contributed by atoms with van der Waals surface area (Å²) in [6.45, 7) is 6.04. The third-order valence-electron chi connectivity index (χ3n) is 2.06. The first kappa shape index (κ1) is 13.0. The molecule has 0 unspecified atom stereocenters. The van der Waals surface area contributed by atoms with Crippen LogP contribution in [0.25, 0.3) is 0 Å². The fraction of sp³-hybridized carbons (Fsp3) is 0.400. The fourth-order valence-electron chi connectivity index (χ4n) is 1.16. The predicted octanol–water partition coefficient (Wildman–Crippen LogP) is 3.67. The Balaban J connectivity index is 3.43. The van der Waals surface area contributed by atoms with E-state index in [-0.39, 0.29) is 10.3 Å². The highest BCUT2D eigenvalue weighted by atomic mass is 79.9. The highest BCUT2D eigenvalue weighted by molar-refractivity contribution is 9.10. The molecular weight excluding hydrogens is 300 g/mol. The predicted molar refractivity (Wildman–Crippen MR) is 65.9 cm³/mol. The Morgan fingerprint density at radius 1 is 1.27 bits per heavy atom. The smallest absolute Gasteiger partial charge is 0.207 e. The summed E-state index contributed by atoms with van der Waals surface area (Å²) in [6.07, 6.45) is 0. The van der Waals surface area contributed by atoms with Crippen LogP contribution in [0.4, 0.5) is 0 Å². The Labute approximate surface area is 103 Å². The molecule has 0 saturated heterocycles. The number of hydrogen-bond acceptors (Lipinski definition) is 2. The summed E-state index contributed by atoms with van der Waals surface area (Å²) in [5, 5.41) is 0. The summed E-state index contributed by atoms with van der Waals surface area (Å²) >= 11 is 3.17. The highest BCUT2D eigenvalue weighted by Gasteiger charge is 2.20. The molecule has 84 valence electrons. The molecule has 15 heavy (non-hydrogen) atoms. The zero-order valence-electron chi connectivity index (χ0n) is 8.71. The summed E-state index contributed by atoms with van der Waals surface area (Å²) in [4.78, 5) is 0.122. The van der Waals surface area contributed by atoms with E-state index in [0.717, 1.165) is 5.56 Å². The van der Waals surface area contributed by atoms with Gasteiger partial charge < -0.3 is 0 Å². The average molecular weight is 312 g/mol. The van der Waals surface area contributed by atoms with E-state index in [1.165, 1.54) is 0 Å². The van der Waals surface area contributed by atoms with Gasteiger partial charge >= 0.3 is 0 Å². The van der Waals surface area contributed by atoms with Crippen molar-refractivity contribution >= 4 is 35.7 Å². The molecule has 0 N–H and O–H groups in total. The molecule has 0 aliphatic carbocycles. The maximum Gasteiger partial charge on any atom is 0.262 e. The van der Waals surface area contributed by atoms with Crippen LogP contribution in [0.1, 0.15) is 26.3 Å². The van der Waals surface area contributed by atoms with Crippen LogP contribution >= 0.6 is 26.6 Å². The molecule has 0 heterocycles. The molecule has 0 radical (unpaired) electrons. The lowest BCUT2D eigenvalue weighted by molar-refractivity contribution is 0.586. The van der Waals surface area contributed by atoms with Crippen molar-refractivity contribution < 1.29 is 8.42 Å². The molecule has 0 atom stereocenters. The van der Waals surface area contributed by atoms with E-state index >= 15 is 0 Å². The summed E-state index contributed by atoms with van der Waals surface area (Å²) in [7, 11) is 1.64. The van der Waals surface area contributed by atoms with E-state index in [1.54, 1.807) is 12.1 Å². The van der Waals surface area contributed by atoms with Gasteiger partial charge in [-0.15, -0.1) is 0 Å². The molecule has 0 amide bonds. The molecule has 0 spiro atoms. The van der Waals surface area contributed by atoms with Crippen LogP contribution in [0.5, 0.6) is 0 Å². The second kappa shape index (κ2) is 4.07. The minimum absolute atomic E-state index is 0.100. The van der Waals surface area contributed by atoms with E-state index in [4.69, 9.17) is 10.7 Å². The third-order valence-corrected chi connectivity index (χ3v) is 4.38. The maximum absolute atomic E-state index is 11.3.